The molecule has 1 atom stereocenters. The number of nitrogens with one attached hydrogen (secondary N) is 1. The lowest BCUT2D eigenvalue weighted by Gasteiger charge is -2.40. The minimum absolute atomic E-state index is 0.104. The Hall–Kier alpha value is -1.66. The molecule has 6 heteroatoms. The zero-order chi connectivity index (χ0) is 15.0. The van der Waals surface area contributed by atoms with Crippen molar-refractivity contribution in [1.29, 1.82) is 0 Å². The molecule has 0 spiro atoms. The highest BCUT2D eigenvalue weighted by atomic mass is 19.1. The van der Waals surface area contributed by atoms with E-state index in [1.807, 2.05) is 7.05 Å². The van der Waals surface area contributed by atoms with Gasteiger partial charge in [-0.25, -0.2) is 4.39 Å². The van der Waals surface area contributed by atoms with Gasteiger partial charge in [0.1, 0.15) is 5.82 Å². The summed E-state index contributed by atoms with van der Waals surface area (Å²) in [6, 6.07) is 4.28. The molecule has 2 N–H and O–H groups in total. The first kappa shape index (κ1) is 14.3. The van der Waals surface area contributed by atoms with Crippen LogP contribution in [0.1, 0.15) is 24.8 Å². The topological polar surface area (TPSA) is 61.8 Å². The van der Waals surface area contributed by atoms with Gasteiger partial charge in [0.2, 0.25) is 0 Å². The third-order valence-corrected chi connectivity index (χ3v) is 4.61. The number of piperidine rings is 1. The smallest absolute Gasteiger partial charge is 0.305 e. The summed E-state index contributed by atoms with van der Waals surface area (Å²) in [4.78, 5) is 19.0. The Kier molecular flexibility index (Phi) is 3.59. The molecule has 3 rings (SSSR count). The molecule has 0 bridgehead atoms. The van der Waals surface area contributed by atoms with Gasteiger partial charge in [-0.2, -0.15) is 0 Å². The monoisotopic (exact) mass is 294 g/mol. The third kappa shape index (κ3) is 2.49. The minimum Gasteiger partial charge on any atom is -0.481 e. The summed E-state index contributed by atoms with van der Waals surface area (Å²) in [5, 5.41) is 9.32. The fourth-order valence-electron chi connectivity index (χ4n) is 3.46. The van der Waals surface area contributed by atoms with Crippen LogP contribution in [-0.4, -0.2) is 36.1 Å². The van der Waals surface area contributed by atoms with Crippen LogP contribution in [0.3, 0.4) is 0 Å². The van der Waals surface area contributed by atoms with Gasteiger partial charge in [0.25, 0.3) is 0 Å². The molecule has 2 aliphatic rings. The Labute approximate surface area is 122 Å². The van der Waals surface area contributed by atoms with E-state index < -0.39 is 11.5 Å². The lowest BCUT2D eigenvalue weighted by Crippen LogP contribution is -2.50. The van der Waals surface area contributed by atoms with Gasteiger partial charge >= 0.3 is 5.97 Å². The molecular weight excluding hydrogens is 275 g/mol. The molecule has 21 heavy (non-hydrogen) atoms. The molecule has 0 aliphatic carbocycles. The van der Waals surface area contributed by atoms with Crippen LogP contribution in [0, 0.1) is 11.7 Å². The number of hydroxylamine groups is 1. The number of hydrogen-bond acceptors (Lipinski definition) is 4. The van der Waals surface area contributed by atoms with E-state index in [9.17, 15) is 14.3 Å². The molecule has 5 nitrogen and oxygen atoms in total. The highest BCUT2D eigenvalue weighted by Crippen LogP contribution is 2.46. The maximum Gasteiger partial charge on any atom is 0.305 e. The highest BCUT2D eigenvalue weighted by molar-refractivity contribution is 5.70. The van der Waals surface area contributed by atoms with Crippen LogP contribution in [0.5, 0.6) is 5.75 Å². The normalized spacial score (nSPS) is 26.4. The first-order valence-corrected chi connectivity index (χ1v) is 7.15. The number of carbonyl (C=O) groups is 1. The van der Waals surface area contributed by atoms with Crippen molar-refractivity contribution >= 4 is 5.97 Å². The summed E-state index contributed by atoms with van der Waals surface area (Å²) in [6.45, 7) is 1.80. The average Bonchev–Trinajstić information content (AvgIpc) is 2.78. The van der Waals surface area contributed by atoms with Crippen LogP contribution in [0.25, 0.3) is 0 Å². The van der Waals surface area contributed by atoms with Gasteiger partial charge < -0.3 is 14.8 Å². The predicted molar refractivity (Wildman–Crippen MR) is 74.3 cm³/mol. The zero-order valence-corrected chi connectivity index (χ0v) is 11.9. The van der Waals surface area contributed by atoms with E-state index >= 15 is 0 Å². The molecule has 0 amide bonds. The number of likely N-dealkylation sites (tertiary alicyclic amines) is 1. The summed E-state index contributed by atoms with van der Waals surface area (Å²) in [5.41, 5.74) is 2.69. The quantitative estimate of drug-likeness (QED) is 0.889. The Morgan fingerprint density at radius 1 is 1.52 bits per heavy atom. The highest BCUT2D eigenvalue weighted by Gasteiger charge is 2.49. The second kappa shape index (κ2) is 5.27. The van der Waals surface area contributed by atoms with Crippen molar-refractivity contribution in [3.63, 3.8) is 0 Å². The van der Waals surface area contributed by atoms with Crippen molar-refractivity contribution in [2.45, 2.75) is 24.8 Å². The molecule has 1 aromatic rings. The summed E-state index contributed by atoms with van der Waals surface area (Å²) in [6.07, 6.45) is 1.60. The van der Waals surface area contributed by atoms with E-state index in [2.05, 4.69) is 10.4 Å². The van der Waals surface area contributed by atoms with E-state index in [-0.39, 0.29) is 18.2 Å². The Bertz CT molecular complexity index is 558. The lowest BCUT2D eigenvalue weighted by atomic mass is 9.72. The summed E-state index contributed by atoms with van der Waals surface area (Å²) in [7, 11) is 2.05. The van der Waals surface area contributed by atoms with Gasteiger partial charge in [-0.05, 0) is 57.1 Å². The fourth-order valence-corrected chi connectivity index (χ4v) is 3.46. The number of fused-ring (bicyclic) bond motifs is 1. The standard InChI is InChI=1S/C15H19FN2O3/c1-18-6-4-10(5-7-18)15(9-14(19)20)12-8-11(16)2-3-13(12)21-17-15/h2-3,8,10,17H,4-7,9H2,1H3,(H,19,20). The molecule has 114 valence electrons. The van der Waals surface area contributed by atoms with E-state index in [4.69, 9.17) is 4.84 Å². The number of hydrogen-bond donors (Lipinski definition) is 2. The zero-order valence-electron chi connectivity index (χ0n) is 11.9. The van der Waals surface area contributed by atoms with Crippen LogP contribution < -0.4 is 10.3 Å². The Morgan fingerprint density at radius 2 is 2.24 bits per heavy atom. The van der Waals surface area contributed by atoms with E-state index in [0.29, 0.717) is 11.3 Å². The molecule has 1 fully saturated rings. The first-order chi connectivity index (χ1) is 10.0. The molecule has 1 aromatic carbocycles. The van der Waals surface area contributed by atoms with Crippen molar-refractivity contribution < 1.29 is 19.1 Å². The largest absolute Gasteiger partial charge is 0.481 e. The summed E-state index contributed by atoms with van der Waals surface area (Å²) < 4.78 is 13.6. The van der Waals surface area contributed by atoms with Crippen LogP contribution >= 0.6 is 0 Å². The molecule has 2 heterocycles. The molecule has 1 saturated heterocycles. The van der Waals surface area contributed by atoms with Crippen molar-refractivity contribution in [3.8, 4) is 5.75 Å². The second-order valence-corrected chi connectivity index (χ2v) is 5.96. The van der Waals surface area contributed by atoms with Gasteiger partial charge in [0, 0.05) is 5.56 Å². The number of nitrogens with zero attached hydrogens (tertiary/aromatic N) is 1. The van der Waals surface area contributed by atoms with Gasteiger partial charge in [-0.1, -0.05) is 0 Å². The number of carboxylic acid groups (broad SMARTS) is 1. The van der Waals surface area contributed by atoms with Crippen LogP contribution in [0.15, 0.2) is 18.2 Å². The number of aliphatic carboxylic acids is 1. The van der Waals surface area contributed by atoms with E-state index in [1.54, 1.807) is 6.07 Å². The number of carboxylic acids is 1. The van der Waals surface area contributed by atoms with Gasteiger partial charge in [0.15, 0.2) is 5.75 Å². The van der Waals surface area contributed by atoms with Crippen molar-refractivity contribution in [2.24, 2.45) is 5.92 Å². The predicted octanol–water partition coefficient (Wildman–Crippen LogP) is 1.73. The lowest BCUT2D eigenvalue weighted by molar-refractivity contribution is -0.141. The van der Waals surface area contributed by atoms with Crippen molar-refractivity contribution in [1.82, 2.24) is 10.4 Å². The molecule has 1 unspecified atom stereocenters. The first-order valence-electron chi connectivity index (χ1n) is 7.15. The number of rotatable bonds is 3. The van der Waals surface area contributed by atoms with Crippen molar-refractivity contribution in [3.05, 3.63) is 29.6 Å². The van der Waals surface area contributed by atoms with Crippen LogP contribution in [0.4, 0.5) is 4.39 Å². The van der Waals surface area contributed by atoms with E-state index in [1.165, 1.54) is 12.1 Å². The summed E-state index contributed by atoms with van der Waals surface area (Å²) in [5.74, 6) is -0.657. The maximum absolute atomic E-state index is 13.6. The Morgan fingerprint density at radius 3 is 2.90 bits per heavy atom. The molecule has 2 aliphatic heterocycles. The molecular formula is C15H19FN2O3. The van der Waals surface area contributed by atoms with Crippen LogP contribution in [-0.2, 0) is 10.3 Å². The van der Waals surface area contributed by atoms with Crippen molar-refractivity contribution in [2.75, 3.05) is 20.1 Å². The molecule has 0 saturated carbocycles. The maximum atomic E-state index is 13.6. The third-order valence-electron chi connectivity index (χ3n) is 4.61. The van der Waals surface area contributed by atoms with Gasteiger partial charge in [-0.3, -0.25) is 4.79 Å². The van der Waals surface area contributed by atoms with Crippen LogP contribution in [0.2, 0.25) is 0 Å². The molecule has 0 aromatic heterocycles. The summed E-state index contributed by atoms with van der Waals surface area (Å²) >= 11 is 0. The SMILES string of the molecule is CN1CCC(C2(CC(=O)O)NOc3ccc(F)cc32)CC1. The number of halogens is 1. The second-order valence-electron chi connectivity index (χ2n) is 5.96. The van der Waals surface area contributed by atoms with Gasteiger partial charge in [0.05, 0.1) is 12.0 Å². The van der Waals surface area contributed by atoms with E-state index in [0.717, 1.165) is 25.9 Å². The average molecular weight is 294 g/mol. The number of benzene rings is 1. The fraction of sp³-hybridized carbons (Fsp3) is 0.533. The Balaban J connectivity index is 2.00. The van der Waals surface area contributed by atoms with Gasteiger partial charge in [-0.15, -0.1) is 5.48 Å². The minimum atomic E-state index is -0.915. The molecule has 0 radical (unpaired) electrons.